The third kappa shape index (κ3) is 6.78. The lowest BCUT2D eigenvalue weighted by atomic mass is 10.2. The number of nitrogens with zero attached hydrogens (tertiary/aromatic N) is 1. The Morgan fingerprint density at radius 2 is 1.53 bits per heavy atom. The normalized spacial score (nSPS) is 11.8. The van der Waals surface area contributed by atoms with Crippen LogP contribution in [0.1, 0.15) is 31.1 Å². The molecule has 0 unspecified atom stereocenters. The van der Waals surface area contributed by atoms with Gasteiger partial charge >= 0.3 is 0 Å². The maximum atomic E-state index is 13.1. The zero-order chi connectivity index (χ0) is 28.1. The van der Waals surface area contributed by atoms with E-state index in [1.165, 1.54) is 40.7 Å². The zero-order valence-electron chi connectivity index (χ0n) is 20.9. The van der Waals surface area contributed by atoms with E-state index in [9.17, 15) is 21.6 Å². The number of hydrogen-bond acceptors (Lipinski definition) is 6. The standard InChI is InChI=1S/C25H27Cl2N3O6S2/c1-4-30(5-2)38(34,35)20-9-7-8-18(14-20)28-25(31)21-15-24(23(27)16-22(21)26)37(32,33)29-17-10-12-19(13-11-17)36-6-3/h7-16,29H,4-6H2,1-3H3,(H,28,31). The molecule has 0 aromatic heterocycles. The molecule has 0 aliphatic carbocycles. The molecule has 0 radical (unpaired) electrons. The molecule has 204 valence electrons. The van der Waals surface area contributed by atoms with Crippen molar-refractivity contribution in [1.82, 2.24) is 4.31 Å². The van der Waals surface area contributed by atoms with E-state index in [0.717, 1.165) is 12.1 Å². The van der Waals surface area contributed by atoms with Crippen LogP contribution in [0.25, 0.3) is 0 Å². The number of hydrogen-bond donors (Lipinski definition) is 2. The summed E-state index contributed by atoms with van der Waals surface area (Å²) in [7, 11) is -7.96. The number of ether oxygens (including phenoxy) is 1. The highest BCUT2D eigenvalue weighted by molar-refractivity contribution is 7.92. The first-order valence-electron chi connectivity index (χ1n) is 11.6. The van der Waals surface area contributed by atoms with Crippen molar-refractivity contribution in [3.8, 4) is 5.75 Å². The van der Waals surface area contributed by atoms with Gasteiger partial charge in [-0.3, -0.25) is 9.52 Å². The van der Waals surface area contributed by atoms with Gasteiger partial charge in [-0.15, -0.1) is 0 Å². The molecule has 3 aromatic carbocycles. The Hall–Kier alpha value is -2.83. The molecule has 3 aromatic rings. The average Bonchev–Trinajstić information content (AvgIpc) is 2.85. The van der Waals surface area contributed by atoms with Crippen LogP contribution in [0.2, 0.25) is 10.0 Å². The van der Waals surface area contributed by atoms with Crippen LogP contribution >= 0.6 is 23.2 Å². The molecule has 0 fully saturated rings. The second-order valence-electron chi connectivity index (χ2n) is 7.90. The fourth-order valence-corrected chi connectivity index (χ4v) is 6.97. The second-order valence-corrected chi connectivity index (χ2v) is 12.3. The van der Waals surface area contributed by atoms with E-state index in [1.54, 1.807) is 26.0 Å². The summed E-state index contributed by atoms with van der Waals surface area (Å²) in [4.78, 5) is 12.7. The quantitative estimate of drug-likeness (QED) is 0.301. The van der Waals surface area contributed by atoms with Crippen LogP contribution in [-0.4, -0.2) is 46.7 Å². The molecule has 9 nitrogen and oxygen atoms in total. The summed E-state index contributed by atoms with van der Waals surface area (Å²) in [6, 6.07) is 14.2. The van der Waals surface area contributed by atoms with Crippen LogP contribution in [0.5, 0.6) is 5.75 Å². The van der Waals surface area contributed by atoms with E-state index in [2.05, 4.69) is 10.0 Å². The number of carbonyl (C=O) groups excluding carboxylic acids is 1. The Bertz CT molecular complexity index is 1530. The van der Waals surface area contributed by atoms with Gasteiger partial charge in [0.25, 0.3) is 15.9 Å². The molecular weight excluding hydrogens is 573 g/mol. The lowest BCUT2D eigenvalue weighted by Crippen LogP contribution is -2.30. The van der Waals surface area contributed by atoms with Gasteiger partial charge in [-0.05, 0) is 61.5 Å². The average molecular weight is 601 g/mol. The van der Waals surface area contributed by atoms with Crippen molar-refractivity contribution >= 4 is 60.5 Å². The SMILES string of the molecule is CCOc1ccc(NS(=O)(=O)c2cc(C(=O)Nc3cccc(S(=O)(=O)N(CC)CC)c3)c(Cl)cc2Cl)cc1. The van der Waals surface area contributed by atoms with Crippen molar-refractivity contribution in [2.45, 2.75) is 30.6 Å². The summed E-state index contributed by atoms with van der Waals surface area (Å²) in [5.74, 6) is -0.172. The van der Waals surface area contributed by atoms with Gasteiger partial charge in [0.15, 0.2) is 0 Å². The van der Waals surface area contributed by atoms with E-state index in [4.69, 9.17) is 27.9 Å². The van der Waals surface area contributed by atoms with Crippen molar-refractivity contribution < 1.29 is 26.4 Å². The third-order valence-electron chi connectivity index (χ3n) is 5.41. The maximum absolute atomic E-state index is 13.1. The molecule has 1 amide bonds. The van der Waals surface area contributed by atoms with Gasteiger partial charge in [0.1, 0.15) is 10.6 Å². The summed E-state index contributed by atoms with van der Waals surface area (Å²) in [5, 5.41) is 2.31. The van der Waals surface area contributed by atoms with Gasteiger partial charge in [-0.25, -0.2) is 16.8 Å². The lowest BCUT2D eigenvalue weighted by Gasteiger charge is -2.19. The molecule has 2 N–H and O–H groups in total. The number of sulfonamides is 2. The molecular formula is C25H27Cl2N3O6S2. The summed E-state index contributed by atoms with van der Waals surface area (Å²) in [6.45, 7) is 6.33. The molecule has 0 spiro atoms. The molecule has 0 heterocycles. The molecule has 13 heteroatoms. The van der Waals surface area contributed by atoms with E-state index < -0.39 is 26.0 Å². The Kier molecular flexibility index (Phi) is 9.66. The lowest BCUT2D eigenvalue weighted by molar-refractivity contribution is 0.102. The fourth-order valence-electron chi connectivity index (χ4n) is 3.55. The molecule has 0 saturated heterocycles. The molecule has 0 aliphatic rings. The summed E-state index contributed by atoms with van der Waals surface area (Å²) < 4.78 is 60.9. The van der Waals surface area contributed by atoms with Crippen LogP contribution in [0.4, 0.5) is 11.4 Å². The predicted octanol–water partition coefficient (Wildman–Crippen LogP) is 5.48. The Morgan fingerprint density at radius 1 is 0.868 bits per heavy atom. The Balaban J connectivity index is 1.89. The van der Waals surface area contributed by atoms with E-state index in [1.807, 2.05) is 6.92 Å². The first-order valence-corrected chi connectivity index (χ1v) is 15.3. The third-order valence-corrected chi connectivity index (χ3v) is 9.61. The smallest absolute Gasteiger partial charge is 0.263 e. The van der Waals surface area contributed by atoms with E-state index >= 15 is 0 Å². The van der Waals surface area contributed by atoms with Crippen molar-refractivity contribution in [2.75, 3.05) is 29.7 Å². The minimum atomic E-state index is -4.20. The van der Waals surface area contributed by atoms with Crippen molar-refractivity contribution in [2.24, 2.45) is 0 Å². The summed E-state index contributed by atoms with van der Waals surface area (Å²) >= 11 is 12.4. The number of benzene rings is 3. The second kappa shape index (κ2) is 12.4. The van der Waals surface area contributed by atoms with Crippen molar-refractivity contribution in [1.29, 1.82) is 0 Å². The Morgan fingerprint density at radius 3 is 2.13 bits per heavy atom. The van der Waals surface area contributed by atoms with Crippen LogP contribution in [-0.2, 0) is 20.0 Å². The number of anilines is 2. The molecule has 0 bridgehead atoms. The van der Waals surface area contributed by atoms with E-state index in [0.29, 0.717) is 12.4 Å². The largest absolute Gasteiger partial charge is 0.494 e. The van der Waals surface area contributed by atoms with Gasteiger partial charge < -0.3 is 10.1 Å². The molecule has 0 saturated carbocycles. The van der Waals surface area contributed by atoms with Crippen LogP contribution in [0.15, 0.2) is 70.5 Å². The Labute approximate surface area is 232 Å². The first kappa shape index (κ1) is 29.7. The molecule has 0 atom stereocenters. The minimum Gasteiger partial charge on any atom is -0.494 e. The van der Waals surface area contributed by atoms with Gasteiger partial charge in [-0.1, -0.05) is 43.1 Å². The van der Waals surface area contributed by atoms with Gasteiger partial charge in [0.2, 0.25) is 10.0 Å². The van der Waals surface area contributed by atoms with Crippen LogP contribution in [0, 0.1) is 0 Å². The van der Waals surface area contributed by atoms with Gasteiger partial charge in [0, 0.05) is 24.5 Å². The van der Waals surface area contributed by atoms with Crippen molar-refractivity contribution in [3.05, 3.63) is 76.3 Å². The van der Waals surface area contributed by atoms with Crippen molar-refractivity contribution in [3.63, 3.8) is 0 Å². The van der Waals surface area contributed by atoms with E-state index in [-0.39, 0.29) is 49.9 Å². The predicted molar refractivity (Wildman–Crippen MR) is 149 cm³/mol. The highest BCUT2D eigenvalue weighted by Crippen LogP contribution is 2.31. The highest BCUT2D eigenvalue weighted by Gasteiger charge is 2.25. The fraction of sp³-hybridized carbons (Fsp3) is 0.240. The monoisotopic (exact) mass is 599 g/mol. The molecule has 3 rings (SSSR count). The number of carbonyl (C=O) groups is 1. The maximum Gasteiger partial charge on any atom is 0.263 e. The number of halogens is 2. The number of amides is 1. The van der Waals surface area contributed by atoms with Gasteiger partial charge in [-0.2, -0.15) is 4.31 Å². The summed E-state index contributed by atoms with van der Waals surface area (Å²) in [5.41, 5.74) is 0.281. The molecule has 0 aliphatic heterocycles. The minimum absolute atomic E-state index is 0.00373. The topological polar surface area (TPSA) is 122 Å². The number of nitrogens with one attached hydrogen (secondary N) is 2. The highest BCUT2D eigenvalue weighted by atomic mass is 35.5. The van der Waals surface area contributed by atoms with Crippen LogP contribution in [0.3, 0.4) is 0 Å². The summed E-state index contributed by atoms with van der Waals surface area (Å²) in [6.07, 6.45) is 0. The number of rotatable bonds is 11. The zero-order valence-corrected chi connectivity index (χ0v) is 24.0. The first-order chi connectivity index (χ1) is 17.9. The van der Waals surface area contributed by atoms with Gasteiger partial charge in [0.05, 0.1) is 27.1 Å². The van der Waals surface area contributed by atoms with Crippen LogP contribution < -0.4 is 14.8 Å². The molecule has 38 heavy (non-hydrogen) atoms.